The number of hydrazone groups is 1. The highest BCUT2D eigenvalue weighted by Gasteiger charge is 2.63. The highest BCUT2D eigenvalue weighted by atomic mass is 79.9. The lowest BCUT2D eigenvalue weighted by Crippen LogP contribution is -2.57. The maximum Gasteiger partial charge on any atom is 0.438 e. The molecular formula is C11H12BrF3N4O2. The third-order valence-electron chi connectivity index (χ3n) is 3.11. The molecule has 116 valence electrons. The van der Waals surface area contributed by atoms with Crippen molar-refractivity contribution in [2.24, 2.45) is 5.10 Å². The van der Waals surface area contributed by atoms with Crippen molar-refractivity contribution < 1.29 is 23.1 Å². The van der Waals surface area contributed by atoms with Gasteiger partial charge in [-0.15, -0.1) is 0 Å². The molecule has 1 aliphatic rings. The van der Waals surface area contributed by atoms with Crippen molar-refractivity contribution in [3.63, 3.8) is 0 Å². The third kappa shape index (κ3) is 2.69. The number of aromatic nitrogens is 2. The van der Waals surface area contributed by atoms with Gasteiger partial charge in [0.05, 0.1) is 10.7 Å². The van der Waals surface area contributed by atoms with Crippen LogP contribution in [0.2, 0.25) is 0 Å². The number of aliphatic hydroxyl groups is 1. The molecular weight excluding hydrogens is 357 g/mol. The second-order valence-electron chi connectivity index (χ2n) is 4.79. The lowest BCUT2D eigenvalue weighted by atomic mass is 10.1. The molecule has 1 aromatic heterocycles. The summed E-state index contributed by atoms with van der Waals surface area (Å²) in [6.07, 6.45) is -2.92. The van der Waals surface area contributed by atoms with Crippen molar-refractivity contribution in [3.05, 3.63) is 16.9 Å². The summed E-state index contributed by atoms with van der Waals surface area (Å²) in [5.74, 6) is -0.998. The van der Waals surface area contributed by atoms with E-state index in [2.05, 4.69) is 26.1 Å². The van der Waals surface area contributed by atoms with E-state index in [1.807, 2.05) is 0 Å². The van der Waals surface area contributed by atoms with Crippen LogP contribution in [0.25, 0.3) is 0 Å². The van der Waals surface area contributed by atoms with Crippen LogP contribution in [0.15, 0.2) is 22.0 Å². The number of carbonyl (C=O) groups excluding carboxylic acids is 1. The normalized spacial score (nSPS) is 24.1. The lowest BCUT2D eigenvalue weighted by Gasteiger charge is -2.33. The average Bonchev–Trinajstić information content (AvgIpc) is 2.91. The molecule has 1 aromatic rings. The quantitative estimate of drug-likeness (QED) is 0.868. The van der Waals surface area contributed by atoms with Crippen LogP contribution in [-0.4, -0.2) is 43.4 Å². The first-order valence-corrected chi connectivity index (χ1v) is 6.72. The minimum atomic E-state index is -5.01. The number of amides is 1. The Bertz CT molecular complexity index is 601. The summed E-state index contributed by atoms with van der Waals surface area (Å²) in [5, 5.41) is 17.3. The van der Waals surface area contributed by atoms with Crippen molar-refractivity contribution in [1.29, 1.82) is 0 Å². The van der Waals surface area contributed by atoms with Crippen LogP contribution in [0.1, 0.15) is 26.3 Å². The van der Waals surface area contributed by atoms with Gasteiger partial charge in [0.1, 0.15) is 6.04 Å². The lowest BCUT2D eigenvalue weighted by molar-refractivity contribution is -0.303. The van der Waals surface area contributed by atoms with Gasteiger partial charge >= 0.3 is 6.18 Å². The van der Waals surface area contributed by atoms with Crippen molar-refractivity contribution in [2.75, 3.05) is 0 Å². The highest BCUT2D eigenvalue weighted by molar-refractivity contribution is 9.10. The Morgan fingerprint density at radius 1 is 1.57 bits per heavy atom. The van der Waals surface area contributed by atoms with Crippen LogP contribution in [0.4, 0.5) is 13.2 Å². The molecule has 0 aromatic carbocycles. The van der Waals surface area contributed by atoms with Crippen LogP contribution in [0, 0.1) is 0 Å². The van der Waals surface area contributed by atoms with Gasteiger partial charge < -0.3 is 5.11 Å². The van der Waals surface area contributed by atoms with E-state index in [1.165, 1.54) is 30.9 Å². The molecule has 1 amide bonds. The Kier molecular flexibility index (Phi) is 3.87. The molecule has 0 saturated carbocycles. The molecule has 2 rings (SSSR count). The molecule has 0 spiro atoms. The molecule has 0 unspecified atom stereocenters. The van der Waals surface area contributed by atoms with Gasteiger partial charge in [0.15, 0.2) is 0 Å². The van der Waals surface area contributed by atoms with E-state index in [-0.39, 0.29) is 10.7 Å². The zero-order valence-electron chi connectivity index (χ0n) is 11.1. The van der Waals surface area contributed by atoms with E-state index < -0.39 is 30.3 Å². The van der Waals surface area contributed by atoms with Gasteiger partial charge in [0.2, 0.25) is 0 Å². The van der Waals surface area contributed by atoms with Gasteiger partial charge in [-0.1, -0.05) is 0 Å². The van der Waals surface area contributed by atoms with E-state index in [9.17, 15) is 23.1 Å². The summed E-state index contributed by atoms with van der Waals surface area (Å²) >= 11 is 3.13. The maximum absolute atomic E-state index is 13.1. The highest BCUT2D eigenvalue weighted by Crippen LogP contribution is 2.41. The molecule has 1 aliphatic heterocycles. The molecule has 0 bridgehead atoms. The minimum Gasteiger partial charge on any atom is -0.362 e. The molecule has 0 radical (unpaired) electrons. The zero-order chi connectivity index (χ0) is 16.0. The minimum absolute atomic E-state index is 0.0250. The number of halogens is 4. The largest absolute Gasteiger partial charge is 0.438 e. The van der Waals surface area contributed by atoms with Crippen molar-refractivity contribution in [2.45, 2.75) is 38.2 Å². The zero-order valence-corrected chi connectivity index (χ0v) is 12.7. The van der Waals surface area contributed by atoms with E-state index in [1.54, 1.807) is 0 Å². The predicted octanol–water partition coefficient (Wildman–Crippen LogP) is 2.07. The first-order chi connectivity index (χ1) is 9.56. The fraction of sp³-hybridized carbons (Fsp3) is 0.545. The summed E-state index contributed by atoms with van der Waals surface area (Å²) < 4.78 is 40.9. The summed E-state index contributed by atoms with van der Waals surface area (Å²) in [4.78, 5) is 12.2. The van der Waals surface area contributed by atoms with Crippen LogP contribution in [0.3, 0.4) is 0 Å². The fourth-order valence-electron chi connectivity index (χ4n) is 1.99. The van der Waals surface area contributed by atoms with Crippen LogP contribution >= 0.6 is 15.9 Å². The second-order valence-corrected chi connectivity index (χ2v) is 5.71. The van der Waals surface area contributed by atoms with E-state index >= 15 is 0 Å². The van der Waals surface area contributed by atoms with Gasteiger partial charge in [-0.05, 0) is 29.8 Å². The molecule has 6 nitrogen and oxygen atoms in total. The monoisotopic (exact) mass is 368 g/mol. The first kappa shape index (κ1) is 16.0. The standard InChI is InChI=1S/C11H12BrF3N4O2/c1-6-3-10(21,11(13,14)15)19(17-6)9(20)7(2)18-5-8(12)4-16-18/h4-5,7,21H,3H2,1-2H3/t7-,10-/m0/s1. The van der Waals surface area contributed by atoms with Gasteiger partial charge in [-0.2, -0.15) is 28.4 Å². The number of carbonyl (C=O) groups is 1. The van der Waals surface area contributed by atoms with E-state index in [4.69, 9.17) is 0 Å². The molecule has 0 aliphatic carbocycles. The number of hydrogen-bond donors (Lipinski definition) is 1. The summed E-state index contributed by atoms with van der Waals surface area (Å²) in [5.41, 5.74) is -3.29. The molecule has 10 heteroatoms. The maximum atomic E-state index is 13.1. The van der Waals surface area contributed by atoms with Crippen molar-refractivity contribution in [3.8, 4) is 0 Å². The average molecular weight is 369 g/mol. The van der Waals surface area contributed by atoms with Gasteiger partial charge in [-0.25, -0.2) is 0 Å². The Hall–Kier alpha value is -1.42. The third-order valence-corrected chi connectivity index (χ3v) is 3.52. The summed E-state index contributed by atoms with van der Waals surface area (Å²) in [7, 11) is 0. The second kappa shape index (κ2) is 5.09. The molecule has 21 heavy (non-hydrogen) atoms. The van der Waals surface area contributed by atoms with Crippen molar-refractivity contribution >= 4 is 27.5 Å². The Labute approximate surface area is 126 Å². The SMILES string of the molecule is CC1=NN(C(=O)[C@H](C)n2cc(Br)cn2)[C@@](O)(C(F)(F)F)C1. The molecule has 0 fully saturated rings. The molecule has 0 saturated heterocycles. The van der Waals surface area contributed by atoms with Gasteiger partial charge in [0, 0.05) is 18.3 Å². The Morgan fingerprint density at radius 2 is 2.19 bits per heavy atom. The van der Waals surface area contributed by atoms with E-state index in [0.29, 0.717) is 4.47 Å². The molecule has 2 heterocycles. The number of hydrogen-bond acceptors (Lipinski definition) is 4. The Balaban J connectivity index is 2.32. The van der Waals surface area contributed by atoms with Gasteiger partial charge in [0.25, 0.3) is 11.6 Å². The number of alkyl halides is 3. The van der Waals surface area contributed by atoms with Gasteiger partial charge in [-0.3, -0.25) is 9.48 Å². The van der Waals surface area contributed by atoms with Crippen LogP contribution < -0.4 is 0 Å². The topological polar surface area (TPSA) is 70.7 Å². The smallest absolute Gasteiger partial charge is 0.362 e. The van der Waals surface area contributed by atoms with E-state index in [0.717, 1.165) is 0 Å². The number of nitrogens with zero attached hydrogens (tertiary/aromatic N) is 4. The summed E-state index contributed by atoms with van der Waals surface area (Å²) in [6.45, 7) is 2.70. The first-order valence-electron chi connectivity index (χ1n) is 5.93. The van der Waals surface area contributed by atoms with Crippen LogP contribution in [0.5, 0.6) is 0 Å². The molecule has 2 atom stereocenters. The molecule has 1 N–H and O–H groups in total. The predicted molar refractivity (Wildman–Crippen MR) is 70.2 cm³/mol. The summed E-state index contributed by atoms with van der Waals surface area (Å²) in [6, 6.07) is -1.04. The van der Waals surface area contributed by atoms with Crippen molar-refractivity contribution in [1.82, 2.24) is 14.8 Å². The Morgan fingerprint density at radius 3 is 2.67 bits per heavy atom. The fourth-order valence-corrected chi connectivity index (χ4v) is 2.29. The number of rotatable bonds is 2. The van der Waals surface area contributed by atoms with Crippen LogP contribution in [-0.2, 0) is 4.79 Å².